The van der Waals surface area contributed by atoms with E-state index in [1.807, 2.05) is 24.3 Å². The second-order valence-corrected chi connectivity index (χ2v) is 8.04. The van der Waals surface area contributed by atoms with Crippen LogP contribution in [0.1, 0.15) is 17.4 Å². The summed E-state index contributed by atoms with van der Waals surface area (Å²) < 4.78 is 33.6. The number of nitrogens with zero attached hydrogens (tertiary/aromatic N) is 1. The lowest BCUT2D eigenvalue weighted by molar-refractivity contribution is 0.447. The Labute approximate surface area is 153 Å². The molecule has 2 aromatic carbocycles. The van der Waals surface area contributed by atoms with Crippen LogP contribution < -0.4 is 9.62 Å². The molecule has 1 atom stereocenters. The zero-order valence-corrected chi connectivity index (χ0v) is 15.0. The van der Waals surface area contributed by atoms with Gasteiger partial charge >= 0.3 is 0 Å². The monoisotopic (exact) mass is 368 g/mol. The zero-order valence-electron chi connectivity index (χ0n) is 14.2. The molecule has 0 bridgehead atoms. The highest BCUT2D eigenvalue weighted by molar-refractivity contribution is 7.89. The van der Waals surface area contributed by atoms with Crippen LogP contribution in [-0.4, -0.2) is 21.5 Å². The molecule has 0 saturated heterocycles. The molecule has 0 spiro atoms. The molecule has 0 aliphatic carbocycles. The lowest BCUT2D eigenvalue weighted by Crippen LogP contribution is -2.37. The highest BCUT2D eigenvalue weighted by Crippen LogP contribution is 2.35. The molecule has 0 amide bonds. The van der Waals surface area contributed by atoms with Gasteiger partial charge in [-0.3, -0.25) is 0 Å². The van der Waals surface area contributed by atoms with E-state index in [4.69, 9.17) is 4.42 Å². The van der Waals surface area contributed by atoms with Crippen molar-refractivity contribution in [3.8, 4) is 0 Å². The van der Waals surface area contributed by atoms with Gasteiger partial charge in [0.05, 0.1) is 11.2 Å². The molecule has 3 aromatic rings. The molecular formula is C20H20N2O3S. The van der Waals surface area contributed by atoms with Crippen LogP contribution in [0.25, 0.3) is 0 Å². The van der Waals surface area contributed by atoms with E-state index in [1.54, 1.807) is 36.6 Å². The maximum absolute atomic E-state index is 12.6. The molecule has 134 valence electrons. The van der Waals surface area contributed by atoms with Gasteiger partial charge in [0.25, 0.3) is 0 Å². The summed E-state index contributed by atoms with van der Waals surface area (Å²) in [6, 6.07) is 20.2. The Kier molecular flexibility index (Phi) is 4.53. The van der Waals surface area contributed by atoms with E-state index < -0.39 is 10.0 Å². The van der Waals surface area contributed by atoms with Crippen molar-refractivity contribution in [2.75, 3.05) is 18.0 Å². The maximum atomic E-state index is 12.6. The van der Waals surface area contributed by atoms with Gasteiger partial charge in [-0.05, 0) is 42.3 Å². The van der Waals surface area contributed by atoms with Crippen molar-refractivity contribution >= 4 is 15.7 Å². The molecule has 5 nitrogen and oxygen atoms in total. The molecule has 4 rings (SSSR count). The highest BCUT2D eigenvalue weighted by Gasteiger charge is 2.30. The Hall–Kier alpha value is -2.57. The first kappa shape index (κ1) is 16.9. The first-order chi connectivity index (χ1) is 12.6. The van der Waals surface area contributed by atoms with Crippen LogP contribution in [0, 0.1) is 0 Å². The van der Waals surface area contributed by atoms with Crippen LogP contribution in [0.3, 0.4) is 0 Å². The fraction of sp³-hybridized carbons (Fsp3) is 0.200. The molecule has 1 N–H and O–H groups in total. The summed E-state index contributed by atoms with van der Waals surface area (Å²) in [6.45, 7) is 1.07. The van der Waals surface area contributed by atoms with Gasteiger partial charge in [0.1, 0.15) is 11.8 Å². The lowest BCUT2D eigenvalue weighted by atomic mass is 10.1. The Morgan fingerprint density at radius 3 is 2.54 bits per heavy atom. The van der Waals surface area contributed by atoms with Gasteiger partial charge in [-0.2, -0.15) is 0 Å². The van der Waals surface area contributed by atoms with Crippen molar-refractivity contribution in [3.05, 3.63) is 84.3 Å². The third-order valence-electron chi connectivity index (χ3n) is 4.69. The van der Waals surface area contributed by atoms with Gasteiger partial charge in [0, 0.05) is 18.8 Å². The van der Waals surface area contributed by atoms with E-state index in [2.05, 4.69) is 21.8 Å². The summed E-state index contributed by atoms with van der Waals surface area (Å²) in [4.78, 5) is 2.47. The fourth-order valence-corrected chi connectivity index (χ4v) is 4.46. The predicted molar refractivity (Wildman–Crippen MR) is 101 cm³/mol. The van der Waals surface area contributed by atoms with E-state index in [-0.39, 0.29) is 17.5 Å². The minimum absolute atomic E-state index is 0.202. The third kappa shape index (κ3) is 3.25. The maximum Gasteiger partial charge on any atom is 0.240 e. The van der Waals surface area contributed by atoms with Gasteiger partial charge in [-0.25, -0.2) is 13.1 Å². The summed E-state index contributed by atoms with van der Waals surface area (Å²) in [7, 11) is -3.57. The van der Waals surface area contributed by atoms with Crippen LogP contribution in [0.5, 0.6) is 0 Å². The van der Waals surface area contributed by atoms with Crippen molar-refractivity contribution in [1.29, 1.82) is 0 Å². The van der Waals surface area contributed by atoms with Crippen molar-refractivity contribution in [2.45, 2.75) is 17.4 Å². The smallest absolute Gasteiger partial charge is 0.240 e. The van der Waals surface area contributed by atoms with Crippen molar-refractivity contribution in [2.24, 2.45) is 0 Å². The van der Waals surface area contributed by atoms with Crippen LogP contribution in [0.4, 0.5) is 5.69 Å². The third-order valence-corrected chi connectivity index (χ3v) is 6.13. The zero-order chi connectivity index (χ0) is 18.0. The Morgan fingerprint density at radius 2 is 1.77 bits per heavy atom. The number of hydrogen-bond acceptors (Lipinski definition) is 4. The number of fused-ring (bicyclic) bond motifs is 1. The van der Waals surface area contributed by atoms with Crippen molar-refractivity contribution in [3.63, 3.8) is 0 Å². The summed E-state index contributed by atoms with van der Waals surface area (Å²) in [5.41, 5.74) is 2.41. The lowest BCUT2D eigenvalue weighted by Gasteiger charge is -2.29. The van der Waals surface area contributed by atoms with Crippen molar-refractivity contribution in [1.82, 2.24) is 4.72 Å². The molecule has 0 radical (unpaired) electrons. The molecule has 26 heavy (non-hydrogen) atoms. The number of benzene rings is 2. The van der Waals surface area contributed by atoms with Gasteiger partial charge < -0.3 is 9.32 Å². The molecule has 1 aliphatic heterocycles. The second-order valence-electron chi connectivity index (χ2n) is 6.27. The van der Waals surface area contributed by atoms with Crippen LogP contribution >= 0.6 is 0 Å². The summed E-state index contributed by atoms with van der Waals surface area (Å²) >= 11 is 0. The van der Waals surface area contributed by atoms with E-state index in [1.165, 1.54) is 5.56 Å². The number of nitrogens with one attached hydrogen (secondary N) is 1. The Balaban J connectivity index is 1.60. The number of furan rings is 1. The number of anilines is 1. The average Bonchev–Trinajstić information content (AvgIpc) is 3.33. The van der Waals surface area contributed by atoms with E-state index in [0.29, 0.717) is 0 Å². The number of para-hydroxylation sites is 1. The van der Waals surface area contributed by atoms with Crippen LogP contribution in [-0.2, 0) is 16.4 Å². The Morgan fingerprint density at radius 1 is 1.00 bits per heavy atom. The molecule has 6 heteroatoms. The van der Waals surface area contributed by atoms with Crippen molar-refractivity contribution < 1.29 is 12.8 Å². The highest BCUT2D eigenvalue weighted by atomic mass is 32.2. The molecule has 1 aromatic heterocycles. The van der Waals surface area contributed by atoms with E-state index in [9.17, 15) is 8.42 Å². The number of hydrogen-bond donors (Lipinski definition) is 1. The second kappa shape index (κ2) is 6.97. The summed E-state index contributed by atoms with van der Waals surface area (Å²) in [6.07, 6.45) is 2.56. The summed E-state index contributed by atoms with van der Waals surface area (Å²) in [5, 5.41) is 0. The fourth-order valence-electron chi connectivity index (χ4n) is 3.40. The summed E-state index contributed by atoms with van der Waals surface area (Å²) in [5.74, 6) is 0.748. The normalized spacial score (nSPS) is 15.0. The molecular weight excluding hydrogens is 348 g/mol. The number of rotatable bonds is 6. The average molecular weight is 368 g/mol. The minimum Gasteiger partial charge on any atom is -0.467 e. The van der Waals surface area contributed by atoms with E-state index >= 15 is 0 Å². The van der Waals surface area contributed by atoms with Gasteiger partial charge in [-0.1, -0.05) is 36.4 Å². The number of sulfonamides is 1. The first-order valence-electron chi connectivity index (χ1n) is 8.58. The molecule has 0 unspecified atom stereocenters. The largest absolute Gasteiger partial charge is 0.467 e. The predicted octanol–water partition coefficient (Wildman–Crippen LogP) is 3.36. The van der Waals surface area contributed by atoms with Gasteiger partial charge in [0.2, 0.25) is 10.0 Å². The molecule has 0 saturated carbocycles. The standard InChI is InChI=1S/C20H20N2O3S/c23-26(24,17-8-2-1-3-9-17)21-15-19(20-11-6-14-25-20)22-13-12-16-7-4-5-10-18(16)22/h1-11,14,19,21H,12-13,15H2/t19-/m1/s1. The molecule has 2 heterocycles. The molecule has 1 aliphatic rings. The first-order valence-corrected chi connectivity index (χ1v) is 10.1. The van der Waals surface area contributed by atoms with Gasteiger partial charge in [-0.15, -0.1) is 0 Å². The quantitative estimate of drug-likeness (QED) is 0.725. The van der Waals surface area contributed by atoms with E-state index in [0.717, 1.165) is 24.4 Å². The molecule has 0 fully saturated rings. The van der Waals surface area contributed by atoms with Crippen LogP contribution in [0.2, 0.25) is 0 Å². The van der Waals surface area contributed by atoms with Crippen LogP contribution in [0.15, 0.2) is 82.3 Å². The van der Waals surface area contributed by atoms with Gasteiger partial charge in [0.15, 0.2) is 0 Å². The minimum atomic E-state index is -3.57. The Bertz CT molecular complexity index is 969. The SMILES string of the molecule is O=S(=O)(NC[C@H](c1ccco1)N1CCc2ccccc21)c1ccccc1. The topological polar surface area (TPSA) is 62.6 Å².